The summed E-state index contributed by atoms with van der Waals surface area (Å²) < 4.78 is 32.0. The molecule has 3 rings (SSSR count). The third-order valence-corrected chi connectivity index (χ3v) is 6.81. The minimum atomic E-state index is -3.64. The van der Waals surface area contributed by atoms with Gasteiger partial charge in [0, 0.05) is 30.8 Å². The van der Waals surface area contributed by atoms with Gasteiger partial charge in [-0.1, -0.05) is 18.2 Å². The molecule has 2 unspecified atom stereocenters. The lowest BCUT2D eigenvalue weighted by atomic mass is 10.1. The Hall–Kier alpha value is -2.75. The monoisotopic (exact) mass is 459 g/mol. The molecule has 0 saturated carbocycles. The van der Waals surface area contributed by atoms with E-state index in [4.69, 9.17) is 4.74 Å². The number of carbonyl (C=O) groups is 2. The van der Waals surface area contributed by atoms with Crippen molar-refractivity contribution < 1.29 is 22.7 Å². The van der Waals surface area contributed by atoms with Crippen LogP contribution >= 0.6 is 0 Å². The zero-order valence-corrected chi connectivity index (χ0v) is 19.5. The van der Waals surface area contributed by atoms with Crippen molar-refractivity contribution in [3.05, 3.63) is 64.7 Å². The number of nitrogens with zero attached hydrogens (tertiary/aromatic N) is 1. The molecule has 1 saturated heterocycles. The number of rotatable bonds is 6. The molecule has 2 aromatic rings. The third-order valence-electron chi connectivity index (χ3n) is 5.39. The van der Waals surface area contributed by atoms with E-state index >= 15 is 0 Å². The topological polar surface area (TPSA) is 105 Å². The highest BCUT2D eigenvalue weighted by Crippen LogP contribution is 2.17. The van der Waals surface area contributed by atoms with Crippen molar-refractivity contribution in [1.82, 2.24) is 14.9 Å². The smallest absolute Gasteiger partial charge is 0.254 e. The zero-order chi connectivity index (χ0) is 23.5. The van der Waals surface area contributed by atoms with Crippen LogP contribution in [0.1, 0.15) is 45.7 Å². The van der Waals surface area contributed by atoms with E-state index in [0.717, 1.165) is 5.56 Å². The SMILES string of the molecule is CNS(=O)(=O)c1ccc(C)c(C(=O)NCc2ccc(C(=O)N3CC(C)OC(C)C3)cc2)c1. The molecule has 0 aliphatic carbocycles. The molecular weight excluding hydrogens is 430 g/mol. The van der Waals surface area contributed by atoms with Crippen LogP contribution in [0, 0.1) is 6.92 Å². The average Bonchev–Trinajstić information content (AvgIpc) is 2.76. The van der Waals surface area contributed by atoms with E-state index in [1.807, 2.05) is 13.8 Å². The molecule has 0 spiro atoms. The van der Waals surface area contributed by atoms with E-state index in [-0.39, 0.29) is 35.5 Å². The molecule has 2 atom stereocenters. The van der Waals surface area contributed by atoms with E-state index in [9.17, 15) is 18.0 Å². The molecule has 1 fully saturated rings. The van der Waals surface area contributed by atoms with Crippen LogP contribution in [-0.4, -0.2) is 57.5 Å². The number of ether oxygens (including phenoxy) is 1. The van der Waals surface area contributed by atoms with E-state index in [1.165, 1.54) is 19.2 Å². The number of carbonyl (C=O) groups excluding carboxylic acids is 2. The van der Waals surface area contributed by atoms with E-state index in [2.05, 4.69) is 10.0 Å². The molecule has 32 heavy (non-hydrogen) atoms. The lowest BCUT2D eigenvalue weighted by molar-refractivity contribution is -0.0586. The van der Waals surface area contributed by atoms with E-state index in [1.54, 1.807) is 42.2 Å². The van der Waals surface area contributed by atoms with Crippen LogP contribution in [0.5, 0.6) is 0 Å². The summed E-state index contributed by atoms with van der Waals surface area (Å²) in [6.07, 6.45) is 0.00415. The predicted octanol–water partition coefficient (Wildman–Crippen LogP) is 2.08. The van der Waals surface area contributed by atoms with E-state index in [0.29, 0.717) is 29.8 Å². The Kier molecular flexibility index (Phi) is 7.33. The Morgan fingerprint density at radius 3 is 2.28 bits per heavy atom. The van der Waals surface area contributed by atoms with Crippen LogP contribution in [-0.2, 0) is 21.3 Å². The van der Waals surface area contributed by atoms with Crippen molar-refractivity contribution in [2.45, 2.75) is 44.4 Å². The van der Waals surface area contributed by atoms with Crippen LogP contribution in [0.3, 0.4) is 0 Å². The molecule has 1 heterocycles. The van der Waals surface area contributed by atoms with Crippen LogP contribution in [0.25, 0.3) is 0 Å². The number of benzene rings is 2. The minimum absolute atomic E-state index is 0.00207. The quantitative estimate of drug-likeness (QED) is 0.688. The normalized spacial score (nSPS) is 18.9. The van der Waals surface area contributed by atoms with Gasteiger partial charge in [-0.05, 0) is 63.2 Å². The van der Waals surface area contributed by atoms with Crippen LogP contribution in [0.4, 0.5) is 0 Å². The van der Waals surface area contributed by atoms with Crippen molar-refractivity contribution >= 4 is 21.8 Å². The number of hydrogen-bond donors (Lipinski definition) is 2. The Labute approximate surface area is 189 Å². The summed E-state index contributed by atoms with van der Waals surface area (Å²) in [5, 5.41) is 2.81. The standard InChI is InChI=1S/C23H29N3O5S/c1-15-5-10-20(32(29,30)24-4)11-21(15)22(27)25-12-18-6-8-19(9-7-18)23(28)26-13-16(2)31-17(3)14-26/h5-11,16-17,24H,12-14H2,1-4H3,(H,25,27). The summed E-state index contributed by atoms with van der Waals surface area (Å²) >= 11 is 0. The maximum absolute atomic E-state index is 12.8. The second-order valence-electron chi connectivity index (χ2n) is 8.03. The molecule has 172 valence electrons. The number of nitrogens with one attached hydrogen (secondary N) is 2. The molecule has 1 aliphatic rings. The molecule has 8 nitrogen and oxygen atoms in total. The van der Waals surface area contributed by atoms with E-state index < -0.39 is 10.0 Å². The van der Waals surface area contributed by atoms with Gasteiger partial charge in [-0.3, -0.25) is 9.59 Å². The van der Waals surface area contributed by atoms with Gasteiger partial charge >= 0.3 is 0 Å². The first kappa shape index (κ1) is 23.9. The number of morpholine rings is 1. The summed E-state index contributed by atoms with van der Waals surface area (Å²) in [6.45, 7) is 7.02. The average molecular weight is 460 g/mol. The van der Waals surface area contributed by atoms with Crippen molar-refractivity contribution in [1.29, 1.82) is 0 Å². The van der Waals surface area contributed by atoms with Gasteiger partial charge in [0.25, 0.3) is 11.8 Å². The lowest BCUT2D eigenvalue weighted by Gasteiger charge is -2.35. The fraction of sp³-hybridized carbons (Fsp3) is 0.391. The van der Waals surface area contributed by atoms with Gasteiger partial charge in [-0.2, -0.15) is 0 Å². The Morgan fingerprint density at radius 1 is 1.06 bits per heavy atom. The number of amides is 2. The fourth-order valence-corrected chi connectivity index (χ4v) is 4.46. The molecule has 1 aliphatic heterocycles. The first-order valence-electron chi connectivity index (χ1n) is 10.5. The zero-order valence-electron chi connectivity index (χ0n) is 18.7. The van der Waals surface area contributed by atoms with Crippen LogP contribution < -0.4 is 10.0 Å². The number of aryl methyl sites for hydroxylation is 1. The molecule has 0 bridgehead atoms. The van der Waals surface area contributed by atoms with Crippen LogP contribution in [0.2, 0.25) is 0 Å². The fourth-order valence-electron chi connectivity index (χ4n) is 3.70. The Bertz CT molecular complexity index is 1090. The molecule has 2 aromatic carbocycles. The largest absolute Gasteiger partial charge is 0.372 e. The van der Waals surface area contributed by atoms with Gasteiger partial charge in [0.15, 0.2) is 0 Å². The van der Waals surface area contributed by atoms with Crippen molar-refractivity contribution in [2.75, 3.05) is 20.1 Å². The first-order valence-corrected chi connectivity index (χ1v) is 11.9. The maximum atomic E-state index is 12.8. The third kappa shape index (κ3) is 5.53. The highest BCUT2D eigenvalue weighted by atomic mass is 32.2. The van der Waals surface area contributed by atoms with Crippen molar-refractivity contribution in [3.63, 3.8) is 0 Å². The van der Waals surface area contributed by atoms with Crippen LogP contribution in [0.15, 0.2) is 47.4 Å². The van der Waals surface area contributed by atoms with Gasteiger partial charge in [-0.15, -0.1) is 0 Å². The summed E-state index contributed by atoms with van der Waals surface area (Å²) in [5.74, 6) is -0.409. The maximum Gasteiger partial charge on any atom is 0.254 e. The summed E-state index contributed by atoms with van der Waals surface area (Å²) in [4.78, 5) is 27.3. The van der Waals surface area contributed by atoms with Gasteiger partial charge in [0.1, 0.15) is 0 Å². The van der Waals surface area contributed by atoms with Crippen molar-refractivity contribution in [3.8, 4) is 0 Å². The van der Waals surface area contributed by atoms with Gasteiger partial charge in [0.2, 0.25) is 10.0 Å². The van der Waals surface area contributed by atoms with Gasteiger partial charge < -0.3 is 15.0 Å². The molecular formula is C23H29N3O5S. The Balaban J connectivity index is 1.65. The molecule has 0 aromatic heterocycles. The first-order chi connectivity index (χ1) is 15.1. The minimum Gasteiger partial charge on any atom is -0.372 e. The molecule has 2 amide bonds. The number of sulfonamides is 1. The molecule has 0 radical (unpaired) electrons. The summed E-state index contributed by atoms with van der Waals surface area (Å²) in [5.41, 5.74) is 2.38. The van der Waals surface area contributed by atoms with Gasteiger partial charge in [0.05, 0.1) is 17.1 Å². The van der Waals surface area contributed by atoms with Gasteiger partial charge in [-0.25, -0.2) is 13.1 Å². The Morgan fingerprint density at radius 2 is 1.69 bits per heavy atom. The molecule has 2 N–H and O–H groups in total. The highest BCUT2D eigenvalue weighted by Gasteiger charge is 2.26. The lowest BCUT2D eigenvalue weighted by Crippen LogP contribution is -2.48. The summed E-state index contributed by atoms with van der Waals surface area (Å²) in [6, 6.07) is 11.5. The summed E-state index contributed by atoms with van der Waals surface area (Å²) in [7, 11) is -2.32. The second-order valence-corrected chi connectivity index (χ2v) is 9.92. The highest BCUT2D eigenvalue weighted by molar-refractivity contribution is 7.89. The second kappa shape index (κ2) is 9.81. The number of hydrogen-bond acceptors (Lipinski definition) is 5. The molecule has 9 heteroatoms. The predicted molar refractivity (Wildman–Crippen MR) is 121 cm³/mol. The van der Waals surface area contributed by atoms with Crippen molar-refractivity contribution in [2.24, 2.45) is 0 Å².